The zero-order chi connectivity index (χ0) is 15.1. The minimum absolute atomic E-state index is 0.257. The summed E-state index contributed by atoms with van der Waals surface area (Å²) < 4.78 is -1.58. The molecule has 0 heterocycles. The number of alkyl halides is 3. The second kappa shape index (κ2) is 5.55. The molecule has 0 aromatic carbocycles. The minimum atomic E-state index is -1.58. The highest BCUT2D eigenvalue weighted by Crippen LogP contribution is 2.52. The van der Waals surface area contributed by atoms with E-state index in [-0.39, 0.29) is 5.41 Å². The summed E-state index contributed by atoms with van der Waals surface area (Å²) in [4.78, 5) is 0. The van der Waals surface area contributed by atoms with Crippen molar-refractivity contribution in [3.05, 3.63) is 0 Å². The quantitative estimate of drug-likeness (QED) is 0.640. The molecule has 1 N–H and O–H groups in total. The van der Waals surface area contributed by atoms with Crippen molar-refractivity contribution >= 4 is 34.8 Å². The normalized spacial score (nSPS) is 30.5. The number of aliphatic hydroxyl groups is 1. The molecule has 0 spiro atoms. The predicted molar refractivity (Wildman–Crippen MR) is 85.1 cm³/mol. The Balaban J connectivity index is 2.68. The molecule has 1 rings (SSSR count). The summed E-state index contributed by atoms with van der Waals surface area (Å²) in [5.41, 5.74) is -0.592. The van der Waals surface area contributed by atoms with E-state index in [2.05, 4.69) is 34.6 Å². The van der Waals surface area contributed by atoms with Crippen molar-refractivity contribution in [2.75, 3.05) is 0 Å². The fourth-order valence-corrected chi connectivity index (χ4v) is 4.24. The average Bonchev–Trinajstić information content (AvgIpc) is 2.12. The molecule has 0 amide bonds. The van der Waals surface area contributed by atoms with Gasteiger partial charge in [-0.05, 0) is 48.9 Å². The summed E-state index contributed by atoms with van der Waals surface area (Å²) in [7, 11) is 0. The third-order valence-electron chi connectivity index (χ3n) is 4.43. The van der Waals surface area contributed by atoms with Crippen LogP contribution in [-0.4, -0.2) is 14.5 Å². The van der Waals surface area contributed by atoms with Crippen molar-refractivity contribution in [1.82, 2.24) is 0 Å². The summed E-state index contributed by atoms with van der Waals surface area (Å²) in [6, 6.07) is 0. The lowest BCUT2D eigenvalue weighted by atomic mass is 9.63. The van der Waals surface area contributed by atoms with Crippen molar-refractivity contribution in [3.63, 3.8) is 0 Å². The van der Waals surface area contributed by atoms with Crippen molar-refractivity contribution < 1.29 is 5.11 Å². The Hall–Kier alpha value is 0.830. The van der Waals surface area contributed by atoms with Crippen LogP contribution in [0.5, 0.6) is 0 Å². The van der Waals surface area contributed by atoms with Gasteiger partial charge in [0.15, 0.2) is 0 Å². The first-order valence-corrected chi connectivity index (χ1v) is 8.19. The molecule has 1 nitrogen and oxygen atoms in total. The first-order chi connectivity index (χ1) is 8.27. The molecule has 0 atom stereocenters. The summed E-state index contributed by atoms with van der Waals surface area (Å²) in [5.74, 6) is 0.583. The van der Waals surface area contributed by atoms with Crippen LogP contribution in [0.15, 0.2) is 0 Å². The van der Waals surface area contributed by atoms with Crippen LogP contribution in [0.3, 0.4) is 0 Å². The first kappa shape index (κ1) is 17.9. The Bertz CT molecular complexity index is 304. The maximum absolute atomic E-state index is 10.4. The fraction of sp³-hybridized carbons (Fsp3) is 1.00. The molecule has 1 aliphatic rings. The summed E-state index contributed by atoms with van der Waals surface area (Å²) >= 11 is 17.7. The highest BCUT2D eigenvalue weighted by atomic mass is 35.6. The van der Waals surface area contributed by atoms with E-state index < -0.39 is 9.39 Å². The van der Waals surface area contributed by atoms with Gasteiger partial charge in [-0.1, -0.05) is 69.4 Å². The molecule has 0 aliphatic heterocycles. The largest absolute Gasteiger partial charge is 0.385 e. The maximum Gasteiger partial charge on any atom is 0.218 e. The van der Waals surface area contributed by atoms with Gasteiger partial charge >= 0.3 is 0 Å². The minimum Gasteiger partial charge on any atom is -0.385 e. The van der Waals surface area contributed by atoms with Crippen LogP contribution in [-0.2, 0) is 0 Å². The highest BCUT2D eigenvalue weighted by molar-refractivity contribution is 6.68. The highest BCUT2D eigenvalue weighted by Gasteiger charge is 2.50. The molecule has 0 aromatic heterocycles. The van der Waals surface area contributed by atoms with Crippen molar-refractivity contribution in [2.24, 2.45) is 16.7 Å². The van der Waals surface area contributed by atoms with Gasteiger partial charge < -0.3 is 5.11 Å². The summed E-state index contributed by atoms with van der Waals surface area (Å²) in [5, 5.41) is 10.4. The van der Waals surface area contributed by atoms with Gasteiger partial charge in [-0.2, -0.15) is 0 Å². The van der Waals surface area contributed by atoms with Crippen LogP contribution in [0.1, 0.15) is 66.7 Å². The van der Waals surface area contributed by atoms with Crippen LogP contribution in [0.4, 0.5) is 0 Å². The Morgan fingerprint density at radius 1 is 1.00 bits per heavy atom. The SMILES string of the molecule is CC(C)(C)CC(C)(C)C1CCC(O)(C(Cl)(Cl)Cl)CC1. The van der Waals surface area contributed by atoms with E-state index in [4.69, 9.17) is 34.8 Å². The van der Waals surface area contributed by atoms with Crippen LogP contribution in [0.2, 0.25) is 0 Å². The summed E-state index contributed by atoms with van der Waals surface area (Å²) in [6.45, 7) is 11.5. The lowest BCUT2D eigenvalue weighted by molar-refractivity contribution is -0.0306. The molecular formula is C15H27Cl3O. The molecule has 114 valence electrons. The smallest absolute Gasteiger partial charge is 0.218 e. The molecule has 0 bridgehead atoms. The molecule has 0 radical (unpaired) electrons. The molecule has 19 heavy (non-hydrogen) atoms. The Morgan fingerprint density at radius 2 is 1.42 bits per heavy atom. The van der Waals surface area contributed by atoms with Gasteiger partial charge in [-0.15, -0.1) is 0 Å². The zero-order valence-corrected chi connectivity index (χ0v) is 15.0. The molecule has 0 aromatic rings. The Kier molecular flexibility index (Phi) is 5.23. The Labute approximate surface area is 133 Å². The number of halogens is 3. The lowest BCUT2D eigenvalue weighted by Crippen LogP contribution is -2.47. The van der Waals surface area contributed by atoms with E-state index >= 15 is 0 Å². The number of hydrogen-bond acceptors (Lipinski definition) is 1. The molecule has 1 aliphatic carbocycles. The second-order valence-electron chi connectivity index (χ2n) is 8.03. The van der Waals surface area contributed by atoms with E-state index in [9.17, 15) is 5.11 Å². The van der Waals surface area contributed by atoms with Gasteiger partial charge in [0.05, 0.1) is 0 Å². The van der Waals surface area contributed by atoms with Crippen molar-refractivity contribution in [3.8, 4) is 0 Å². The second-order valence-corrected chi connectivity index (χ2v) is 10.3. The molecule has 1 saturated carbocycles. The van der Waals surface area contributed by atoms with Crippen LogP contribution in [0, 0.1) is 16.7 Å². The zero-order valence-electron chi connectivity index (χ0n) is 12.7. The van der Waals surface area contributed by atoms with E-state index in [0.717, 1.165) is 19.3 Å². The van der Waals surface area contributed by atoms with Gasteiger partial charge in [0.1, 0.15) is 5.60 Å². The van der Waals surface area contributed by atoms with Gasteiger partial charge in [-0.25, -0.2) is 0 Å². The molecule has 4 heteroatoms. The van der Waals surface area contributed by atoms with E-state index in [1.54, 1.807) is 0 Å². The van der Waals surface area contributed by atoms with E-state index in [1.165, 1.54) is 0 Å². The van der Waals surface area contributed by atoms with Crippen LogP contribution < -0.4 is 0 Å². The third kappa shape index (κ3) is 4.66. The third-order valence-corrected chi connectivity index (χ3v) is 5.49. The number of hydrogen-bond donors (Lipinski definition) is 1. The number of rotatable bonds is 2. The topological polar surface area (TPSA) is 20.2 Å². The summed E-state index contributed by atoms with van der Waals surface area (Å²) in [6.07, 6.45) is 4.15. The van der Waals surface area contributed by atoms with Gasteiger partial charge in [-0.3, -0.25) is 0 Å². The standard InChI is InChI=1S/C15H27Cl3O/c1-12(2,3)10-13(4,5)11-6-8-14(19,9-7-11)15(16,17)18/h11,19H,6-10H2,1-5H3. The van der Waals surface area contributed by atoms with Gasteiger partial charge in [0.2, 0.25) is 3.79 Å². The van der Waals surface area contributed by atoms with E-state index in [0.29, 0.717) is 24.2 Å². The Morgan fingerprint density at radius 3 is 1.74 bits per heavy atom. The van der Waals surface area contributed by atoms with Gasteiger partial charge in [0.25, 0.3) is 0 Å². The first-order valence-electron chi connectivity index (χ1n) is 7.06. The molecular weight excluding hydrogens is 303 g/mol. The van der Waals surface area contributed by atoms with Crippen LogP contribution in [0.25, 0.3) is 0 Å². The monoisotopic (exact) mass is 328 g/mol. The molecule has 0 unspecified atom stereocenters. The predicted octanol–water partition coefficient (Wildman–Crippen LogP) is 5.74. The van der Waals surface area contributed by atoms with Crippen molar-refractivity contribution in [1.29, 1.82) is 0 Å². The fourth-order valence-electron chi connectivity index (χ4n) is 3.67. The van der Waals surface area contributed by atoms with E-state index in [1.807, 2.05) is 0 Å². The van der Waals surface area contributed by atoms with Gasteiger partial charge in [0, 0.05) is 0 Å². The maximum atomic E-state index is 10.4. The molecule has 1 fully saturated rings. The average molecular weight is 330 g/mol. The van der Waals surface area contributed by atoms with Crippen molar-refractivity contribution in [2.45, 2.75) is 76.1 Å². The molecule has 0 saturated heterocycles. The lowest BCUT2D eigenvalue weighted by Gasteiger charge is -2.46. The van der Waals surface area contributed by atoms with Crippen LogP contribution >= 0.6 is 34.8 Å².